The lowest BCUT2D eigenvalue weighted by Gasteiger charge is -2.34. The summed E-state index contributed by atoms with van der Waals surface area (Å²) >= 11 is 3.43. The summed E-state index contributed by atoms with van der Waals surface area (Å²) in [6.07, 6.45) is -0.157. The van der Waals surface area contributed by atoms with Gasteiger partial charge in [0.2, 0.25) is 10.0 Å². The molecule has 4 nitrogen and oxygen atoms in total. The first-order valence-electron chi connectivity index (χ1n) is 6.64. The highest BCUT2D eigenvalue weighted by Gasteiger charge is 2.33. The Bertz CT molecular complexity index is 605. The zero-order valence-corrected chi connectivity index (χ0v) is 14.6. The number of morpholine rings is 1. The van der Waals surface area contributed by atoms with Gasteiger partial charge in [0.25, 0.3) is 0 Å². The van der Waals surface area contributed by atoms with Crippen LogP contribution in [0.5, 0.6) is 0 Å². The second-order valence-electron chi connectivity index (χ2n) is 5.45. The number of aryl methyl sites for hydroxylation is 2. The first kappa shape index (κ1) is 15.9. The maximum absolute atomic E-state index is 12.8. The van der Waals surface area contributed by atoms with Gasteiger partial charge in [-0.25, -0.2) is 8.42 Å². The van der Waals surface area contributed by atoms with Crippen LogP contribution in [0.15, 0.2) is 21.5 Å². The van der Waals surface area contributed by atoms with Crippen LogP contribution in [0.1, 0.15) is 25.0 Å². The fraction of sp³-hybridized carbons (Fsp3) is 0.571. The van der Waals surface area contributed by atoms with E-state index in [0.717, 1.165) is 15.6 Å². The minimum Gasteiger partial charge on any atom is -0.373 e. The van der Waals surface area contributed by atoms with Crippen LogP contribution in [0.4, 0.5) is 0 Å². The molecule has 0 amide bonds. The quantitative estimate of drug-likeness (QED) is 0.813. The molecule has 1 heterocycles. The second kappa shape index (κ2) is 5.75. The van der Waals surface area contributed by atoms with E-state index in [-0.39, 0.29) is 12.2 Å². The van der Waals surface area contributed by atoms with Gasteiger partial charge in [-0.05, 0) is 51.0 Å². The maximum atomic E-state index is 12.8. The van der Waals surface area contributed by atoms with E-state index in [1.165, 1.54) is 4.31 Å². The Hall–Kier alpha value is -0.430. The van der Waals surface area contributed by atoms with Gasteiger partial charge >= 0.3 is 0 Å². The van der Waals surface area contributed by atoms with Crippen molar-refractivity contribution < 1.29 is 13.2 Å². The van der Waals surface area contributed by atoms with E-state index in [4.69, 9.17) is 4.74 Å². The average Bonchev–Trinajstić information content (AvgIpc) is 2.32. The fourth-order valence-corrected chi connectivity index (χ4v) is 4.84. The van der Waals surface area contributed by atoms with Crippen molar-refractivity contribution in [2.75, 3.05) is 13.1 Å². The van der Waals surface area contributed by atoms with Crippen molar-refractivity contribution in [1.29, 1.82) is 0 Å². The maximum Gasteiger partial charge on any atom is 0.243 e. The molecule has 1 aromatic rings. The molecular weight excluding hydrogens is 342 g/mol. The summed E-state index contributed by atoms with van der Waals surface area (Å²) in [6, 6.07) is 3.59. The molecule has 0 unspecified atom stereocenters. The molecule has 2 atom stereocenters. The summed E-state index contributed by atoms with van der Waals surface area (Å²) in [7, 11) is -3.47. The molecule has 6 heteroatoms. The summed E-state index contributed by atoms with van der Waals surface area (Å²) in [5.41, 5.74) is 1.68. The summed E-state index contributed by atoms with van der Waals surface area (Å²) in [4.78, 5) is 0.388. The van der Waals surface area contributed by atoms with Crippen LogP contribution in [0.3, 0.4) is 0 Å². The van der Waals surface area contributed by atoms with E-state index >= 15 is 0 Å². The van der Waals surface area contributed by atoms with Gasteiger partial charge in [-0.1, -0.05) is 15.9 Å². The Morgan fingerprint density at radius 1 is 1.15 bits per heavy atom. The van der Waals surface area contributed by atoms with E-state index in [9.17, 15) is 8.42 Å². The normalized spacial score (nSPS) is 24.9. The van der Waals surface area contributed by atoms with Crippen LogP contribution in [0.2, 0.25) is 0 Å². The Balaban J connectivity index is 2.42. The first-order chi connectivity index (χ1) is 9.21. The third kappa shape index (κ3) is 3.08. The number of halogens is 1. The monoisotopic (exact) mass is 361 g/mol. The topological polar surface area (TPSA) is 46.6 Å². The fourth-order valence-electron chi connectivity index (χ4n) is 2.50. The minimum atomic E-state index is -3.47. The van der Waals surface area contributed by atoms with Crippen molar-refractivity contribution in [2.45, 2.75) is 44.8 Å². The number of hydrogen-bond acceptors (Lipinski definition) is 3. The summed E-state index contributed by atoms with van der Waals surface area (Å²) in [5, 5.41) is 0. The Kier molecular flexibility index (Phi) is 4.59. The van der Waals surface area contributed by atoms with E-state index in [1.54, 1.807) is 6.07 Å². The van der Waals surface area contributed by atoms with Gasteiger partial charge in [0.05, 0.1) is 17.1 Å². The van der Waals surface area contributed by atoms with Crippen molar-refractivity contribution in [1.82, 2.24) is 4.31 Å². The zero-order valence-electron chi connectivity index (χ0n) is 12.2. The van der Waals surface area contributed by atoms with Gasteiger partial charge in [-0.2, -0.15) is 4.31 Å². The number of hydrogen-bond donors (Lipinski definition) is 0. The molecule has 0 aliphatic carbocycles. The van der Waals surface area contributed by atoms with Gasteiger partial charge in [-0.3, -0.25) is 0 Å². The molecule has 0 bridgehead atoms. The Morgan fingerprint density at radius 2 is 1.70 bits per heavy atom. The molecule has 2 rings (SSSR count). The SMILES string of the molecule is Cc1cc(S(=O)(=O)N2C[C@@H](C)O[C@@H](C)C2)c(C)cc1Br. The predicted octanol–water partition coefficient (Wildman–Crippen LogP) is 2.86. The summed E-state index contributed by atoms with van der Waals surface area (Å²) in [6.45, 7) is 8.33. The molecule has 0 radical (unpaired) electrons. The Labute approximate surface area is 129 Å². The number of ether oxygens (including phenoxy) is 1. The third-order valence-electron chi connectivity index (χ3n) is 3.46. The van der Waals surface area contributed by atoms with Crippen LogP contribution < -0.4 is 0 Å². The lowest BCUT2D eigenvalue weighted by atomic mass is 10.2. The third-order valence-corrected chi connectivity index (χ3v) is 6.29. The van der Waals surface area contributed by atoms with Crippen molar-refractivity contribution >= 4 is 26.0 Å². The number of rotatable bonds is 2. The summed E-state index contributed by atoms with van der Waals surface area (Å²) < 4.78 is 33.7. The lowest BCUT2D eigenvalue weighted by molar-refractivity contribution is -0.0440. The Morgan fingerprint density at radius 3 is 2.25 bits per heavy atom. The highest BCUT2D eigenvalue weighted by Crippen LogP contribution is 2.28. The van der Waals surface area contributed by atoms with Gasteiger partial charge in [0.15, 0.2) is 0 Å². The molecule has 112 valence electrons. The molecule has 20 heavy (non-hydrogen) atoms. The molecule has 1 fully saturated rings. The standard InChI is InChI=1S/C14H20BrNO3S/c1-9-6-14(10(2)5-13(9)15)20(17,18)16-7-11(3)19-12(4)8-16/h5-6,11-12H,7-8H2,1-4H3/t11-,12+. The van der Waals surface area contributed by atoms with E-state index in [2.05, 4.69) is 15.9 Å². The van der Waals surface area contributed by atoms with Crippen LogP contribution >= 0.6 is 15.9 Å². The highest BCUT2D eigenvalue weighted by atomic mass is 79.9. The van der Waals surface area contributed by atoms with Crippen LogP contribution in [-0.2, 0) is 14.8 Å². The molecule has 1 saturated heterocycles. The molecule has 1 aliphatic rings. The van der Waals surface area contributed by atoms with Crippen molar-refractivity contribution in [3.05, 3.63) is 27.7 Å². The van der Waals surface area contributed by atoms with E-state index < -0.39 is 10.0 Å². The number of benzene rings is 1. The largest absolute Gasteiger partial charge is 0.373 e. The molecular formula is C14H20BrNO3S. The second-order valence-corrected chi connectivity index (χ2v) is 8.21. The number of nitrogens with zero attached hydrogens (tertiary/aromatic N) is 1. The van der Waals surface area contributed by atoms with Crippen molar-refractivity contribution in [3.8, 4) is 0 Å². The smallest absolute Gasteiger partial charge is 0.243 e. The zero-order chi connectivity index (χ0) is 15.1. The van der Waals surface area contributed by atoms with Crippen LogP contribution in [0.25, 0.3) is 0 Å². The van der Waals surface area contributed by atoms with Gasteiger partial charge in [0, 0.05) is 17.6 Å². The molecule has 0 saturated carbocycles. The molecule has 0 N–H and O–H groups in total. The molecule has 0 spiro atoms. The molecule has 1 aromatic carbocycles. The van der Waals surface area contributed by atoms with Crippen LogP contribution in [-0.4, -0.2) is 38.0 Å². The van der Waals surface area contributed by atoms with Gasteiger partial charge in [-0.15, -0.1) is 0 Å². The van der Waals surface area contributed by atoms with Gasteiger partial charge < -0.3 is 4.74 Å². The molecule has 0 aromatic heterocycles. The minimum absolute atomic E-state index is 0.0784. The average molecular weight is 362 g/mol. The predicted molar refractivity (Wildman–Crippen MR) is 82.4 cm³/mol. The van der Waals surface area contributed by atoms with E-state index in [1.807, 2.05) is 33.8 Å². The molecule has 1 aliphatic heterocycles. The summed E-state index contributed by atoms with van der Waals surface area (Å²) in [5.74, 6) is 0. The van der Waals surface area contributed by atoms with Crippen LogP contribution in [0, 0.1) is 13.8 Å². The number of sulfonamides is 1. The first-order valence-corrected chi connectivity index (χ1v) is 8.87. The van der Waals surface area contributed by atoms with Crippen molar-refractivity contribution in [3.63, 3.8) is 0 Å². The lowest BCUT2D eigenvalue weighted by Crippen LogP contribution is -2.48. The van der Waals surface area contributed by atoms with E-state index in [0.29, 0.717) is 18.0 Å². The van der Waals surface area contributed by atoms with Gasteiger partial charge in [0.1, 0.15) is 0 Å². The van der Waals surface area contributed by atoms with Crippen molar-refractivity contribution in [2.24, 2.45) is 0 Å². The highest BCUT2D eigenvalue weighted by molar-refractivity contribution is 9.10.